The number of carbonyl (C=O) groups excluding carboxylic acids is 1. The summed E-state index contributed by atoms with van der Waals surface area (Å²) in [5.74, 6) is -2.25. The summed E-state index contributed by atoms with van der Waals surface area (Å²) in [6, 6.07) is 0. The molecule has 0 bridgehead atoms. The van der Waals surface area contributed by atoms with Crippen LogP contribution in [0.2, 0.25) is 0 Å². The van der Waals surface area contributed by atoms with Gasteiger partial charge in [0.25, 0.3) is 5.91 Å². The fourth-order valence-corrected chi connectivity index (χ4v) is 0.555. The maximum atomic E-state index is 10.4. The lowest BCUT2D eigenvalue weighted by molar-refractivity contribution is 0.0685. The maximum absolute atomic E-state index is 10.4. The molecule has 1 amide bonds. The second-order valence-corrected chi connectivity index (χ2v) is 1.81. The van der Waals surface area contributed by atoms with Crippen molar-refractivity contribution in [2.45, 2.75) is 0 Å². The van der Waals surface area contributed by atoms with Gasteiger partial charge in [-0.2, -0.15) is 0 Å². The zero-order chi connectivity index (χ0) is 8.43. The average molecular weight is 155 g/mol. The van der Waals surface area contributed by atoms with Crippen LogP contribution in [0.25, 0.3) is 0 Å². The van der Waals surface area contributed by atoms with Crippen molar-refractivity contribution >= 4 is 11.9 Å². The summed E-state index contributed by atoms with van der Waals surface area (Å²) in [6.07, 6.45) is 1.08. The second kappa shape index (κ2) is 2.41. The number of amides is 1. The molecule has 0 radical (unpaired) electrons. The van der Waals surface area contributed by atoms with Gasteiger partial charge >= 0.3 is 5.97 Å². The largest absolute Gasteiger partial charge is 0.475 e. The van der Waals surface area contributed by atoms with E-state index in [1.807, 2.05) is 0 Å². The van der Waals surface area contributed by atoms with Crippen LogP contribution in [0.1, 0.15) is 21.1 Å². The number of carboxylic acids is 1. The van der Waals surface area contributed by atoms with E-state index in [0.717, 1.165) is 6.20 Å². The predicted molar refractivity (Wildman–Crippen MR) is 34.1 cm³/mol. The zero-order valence-corrected chi connectivity index (χ0v) is 5.37. The molecule has 0 saturated carbocycles. The molecule has 0 unspecified atom stereocenters. The number of primary amides is 1. The minimum absolute atomic E-state index is 0.0117. The quantitative estimate of drug-likeness (QED) is 0.519. The number of hydrogen-bond acceptors (Lipinski definition) is 3. The molecular formula is C5H5N3O3. The predicted octanol–water partition coefficient (Wildman–Crippen LogP) is -0.793. The Morgan fingerprint density at radius 2 is 2.27 bits per heavy atom. The van der Waals surface area contributed by atoms with Crippen LogP contribution in [0.4, 0.5) is 0 Å². The number of nitrogens with two attached hydrogens (primary N) is 1. The number of aromatic nitrogens is 2. The van der Waals surface area contributed by atoms with Crippen molar-refractivity contribution in [3.05, 3.63) is 17.7 Å². The van der Waals surface area contributed by atoms with Crippen LogP contribution in [-0.4, -0.2) is 27.0 Å². The third kappa shape index (κ3) is 1.34. The van der Waals surface area contributed by atoms with Crippen molar-refractivity contribution < 1.29 is 14.7 Å². The molecule has 0 fully saturated rings. The Bertz CT molecular complexity index is 275. The van der Waals surface area contributed by atoms with E-state index in [-0.39, 0.29) is 11.5 Å². The molecule has 0 aromatic carbocycles. The van der Waals surface area contributed by atoms with Gasteiger partial charge in [-0.15, -0.1) is 0 Å². The zero-order valence-electron chi connectivity index (χ0n) is 5.37. The summed E-state index contributed by atoms with van der Waals surface area (Å²) in [5, 5.41) is 8.33. The number of nitrogens with one attached hydrogen (secondary N) is 1. The van der Waals surface area contributed by atoms with E-state index in [2.05, 4.69) is 9.97 Å². The molecule has 1 aromatic heterocycles. The Hall–Kier alpha value is -1.85. The van der Waals surface area contributed by atoms with Crippen LogP contribution < -0.4 is 5.73 Å². The number of hydrogen-bond donors (Lipinski definition) is 3. The minimum Gasteiger partial charge on any atom is -0.475 e. The molecule has 58 valence electrons. The monoisotopic (exact) mass is 155 g/mol. The molecule has 0 spiro atoms. The number of H-pyrrole nitrogens is 1. The third-order valence-electron chi connectivity index (χ3n) is 1.04. The van der Waals surface area contributed by atoms with E-state index < -0.39 is 11.9 Å². The Morgan fingerprint density at radius 3 is 2.55 bits per heavy atom. The third-order valence-corrected chi connectivity index (χ3v) is 1.04. The van der Waals surface area contributed by atoms with Crippen molar-refractivity contribution in [3.8, 4) is 0 Å². The van der Waals surface area contributed by atoms with Crippen LogP contribution in [-0.2, 0) is 0 Å². The summed E-state index contributed by atoms with van der Waals surface area (Å²) in [5.41, 5.74) is 4.81. The van der Waals surface area contributed by atoms with Gasteiger partial charge in [0, 0.05) is 0 Å². The van der Waals surface area contributed by atoms with Crippen LogP contribution in [0.15, 0.2) is 6.20 Å². The highest BCUT2D eigenvalue weighted by Crippen LogP contribution is 1.94. The van der Waals surface area contributed by atoms with Crippen molar-refractivity contribution in [2.75, 3.05) is 0 Å². The Labute approximate surface area is 61.0 Å². The van der Waals surface area contributed by atoms with E-state index >= 15 is 0 Å². The van der Waals surface area contributed by atoms with Crippen LogP contribution in [0.3, 0.4) is 0 Å². The number of aromatic carboxylic acids is 1. The van der Waals surface area contributed by atoms with E-state index in [4.69, 9.17) is 10.8 Å². The van der Waals surface area contributed by atoms with Crippen molar-refractivity contribution in [2.24, 2.45) is 5.73 Å². The van der Waals surface area contributed by atoms with E-state index in [1.165, 1.54) is 0 Å². The first-order chi connectivity index (χ1) is 5.11. The summed E-state index contributed by atoms with van der Waals surface area (Å²) in [4.78, 5) is 26.2. The lowest BCUT2D eigenvalue weighted by Gasteiger charge is -1.84. The SMILES string of the molecule is NC(=O)c1cnc(C(=O)O)[nH]1. The Balaban J connectivity index is 2.99. The Kier molecular flexibility index (Phi) is 1.59. The number of aromatic amines is 1. The lowest BCUT2D eigenvalue weighted by Crippen LogP contribution is -2.11. The summed E-state index contributed by atoms with van der Waals surface area (Å²) < 4.78 is 0. The first kappa shape index (κ1) is 7.26. The molecule has 1 rings (SSSR count). The van der Waals surface area contributed by atoms with E-state index in [1.54, 1.807) is 0 Å². The van der Waals surface area contributed by atoms with Gasteiger partial charge in [-0.25, -0.2) is 9.78 Å². The van der Waals surface area contributed by atoms with Crippen molar-refractivity contribution in [1.29, 1.82) is 0 Å². The van der Waals surface area contributed by atoms with Gasteiger partial charge in [0.1, 0.15) is 5.69 Å². The average Bonchev–Trinajstić information content (AvgIpc) is 2.33. The molecule has 0 aliphatic carbocycles. The topological polar surface area (TPSA) is 109 Å². The van der Waals surface area contributed by atoms with Gasteiger partial charge < -0.3 is 15.8 Å². The van der Waals surface area contributed by atoms with Gasteiger partial charge in [0.15, 0.2) is 0 Å². The highest BCUT2D eigenvalue weighted by molar-refractivity contribution is 5.92. The molecule has 1 heterocycles. The number of carbonyl (C=O) groups is 2. The standard InChI is InChI=1S/C5H5N3O3/c6-3(9)2-1-7-4(8-2)5(10)11/h1H,(H2,6,9)(H,7,8)(H,10,11). The summed E-state index contributed by atoms with van der Waals surface area (Å²) in [7, 11) is 0. The molecule has 6 heteroatoms. The lowest BCUT2D eigenvalue weighted by atomic mass is 10.5. The van der Waals surface area contributed by atoms with Gasteiger partial charge in [0.05, 0.1) is 6.20 Å². The van der Waals surface area contributed by atoms with E-state index in [0.29, 0.717) is 0 Å². The van der Waals surface area contributed by atoms with Gasteiger partial charge in [0.2, 0.25) is 5.82 Å². The molecule has 0 aliphatic rings. The highest BCUT2D eigenvalue weighted by atomic mass is 16.4. The smallest absolute Gasteiger partial charge is 0.371 e. The van der Waals surface area contributed by atoms with Gasteiger partial charge in [-0.3, -0.25) is 4.79 Å². The fraction of sp³-hybridized carbons (Fsp3) is 0. The molecule has 0 aliphatic heterocycles. The summed E-state index contributed by atoms with van der Waals surface area (Å²) in [6.45, 7) is 0. The van der Waals surface area contributed by atoms with E-state index in [9.17, 15) is 9.59 Å². The Morgan fingerprint density at radius 1 is 1.64 bits per heavy atom. The van der Waals surface area contributed by atoms with Crippen LogP contribution in [0, 0.1) is 0 Å². The van der Waals surface area contributed by atoms with Gasteiger partial charge in [-0.1, -0.05) is 0 Å². The summed E-state index contributed by atoms with van der Waals surface area (Å²) >= 11 is 0. The highest BCUT2D eigenvalue weighted by Gasteiger charge is 2.09. The molecular weight excluding hydrogens is 150 g/mol. The van der Waals surface area contributed by atoms with Crippen LogP contribution >= 0.6 is 0 Å². The number of imidazole rings is 1. The van der Waals surface area contributed by atoms with Crippen LogP contribution in [0.5, 0.6) is 0 Å². The molecule has 0 atom stereocenters. The van der Waals surface area contributed by atoms with Crippen molar-refractivity contribution in [1.82, 2.24) is 9.97 Å². The molecule has 11 heavy (non-hydrogen) atoms. The fourth-order valence-electron chi connectivity index (χ4n) is 0.555. The molecule has 4 N–H and O–H groups in total. The molecule has 6 nitrogen and oxygen atoms in total. The second-order valence-electron chi connectivity index (χ2n) is 1.81. The molecule has 1 aromatic rings. The maximum Gasteiger partial charge on any atom is 0.371 e. The van der Waals surface area contributed by atoms with Crippen molar-refractivity contribution in [3.63, 3.8) is 0 Å². The van der Waals surface area contributed by atoms with Gasteiger partial charge in [-0.05, 0) is 0 Å². The number of nitrogens with zero attached hydrogens (tertiary/aromatic N) is 1. The number of carboxylic acid groups (broad SMARTS) is 1. The molecule has 0 saturated heterocycles. The minimum atomic E-state index is -1.22. The number of rotatable bonds is 2. The normalized spacial score (nSPS) is 9.45. The first-order valence-corrected chi connectivity index (χ1v) is 2.69. The first-order valence-electron chi connectivity index (χ1n) is 2.69.